The Morgan fingerprint density at radius 3 is 2.55 bits per heavy atom. The van der Waals surface area contributed by atoms with E-state index in [1.54, 1.807) is 22.5 Å². The smallest absolute Gasteiger partial charge is 0.243 e. The van der Waals surface area contributed by atoms with E-state index in [2.05, 4.69) is 6.58 Å². The van der Waals surface area contributed by atoms with Crippen molar-refractivity contribution in [2.45, 2.75) is 31.6 Å². The van der Waals surface area contributed by atoms with Gasteiger partial charge in [-0.15, -0.1) is 6.58 Å². The van der Waals surface area contributed by atoms with Gasteiger partial charge in [0.05, 0.1) is 11.5 Å². The van der Waals surface area contributed by atoms with Gasteiger partial charge in [0.1, 0.15) is 0 Å². The van der Waals surface area contributed by atoms with Gasteiger partial charge in [-0.1, -0.05) is 12.1 Å². The summed E-state index contributed by atoms with van der Waals surface area (Å²) in [6.07, 6.45) is 3.43. The second-order valence-corrected chi connectivity index (χ2v) is 7.86. The third-order valence-electron chi connectivity index (χ3n) is 4.28. The number of sulfonamides is 1. The second-order valence-electron chi connectivity index (χ2n) is 5.92. The highest BCUT2D eigenvalue weighted by atomic mass is 32.2. The minimum Gasteiger partial charge on any atom is -0.377 e. The molecule has 0 aliphatic carbocycles. The number of ether oxygens (including phenoxy) is 1. The van der Waals surface area contributed by atoms with Gasteiger partial charge >= 0.3 is 0 Å². The van der Waals surface area contributed by atoms with E-state index < -0.39 is 10.0 Å². The molecule has 1 fully saturated rings. The molecule has 1 heterocycles. The van der Waals surface area contributed by atoms with Crippen molar-refractivity contribution in [1.29, 1.82) is 0 Å². The first kappa shape index (κ1) is 17.2. The molecule has 22 heavy (non-hydrogen) atoms. The second kappa shape index (κ2) is 7.40. The normalized spacial score (nSPS) is 17.5. The van der Waals surface area contributed by atoms with Gasteiger partial charge in [0.25, 0.3) is 0 Å². The Bertz CT molecular complexity index is 617. The van der Waals surface area contributed by atoms with Crippen LogP contribution < -0.4 is 0 Å². The van der Waals surface area contributed by atoms with Gasteiger partial charge in [-0.3, -0.25) is 0 Å². The molecule has 0 bridgehead atoms. The van der Waals surface area contributed by atoms with Crippen LogP contribution in [0.25, 0.3) is 0 Å². The van der Waals surface area contributed by atoms with Gasteiger partial charge in [0, 0.05) is 19.7 Å². The standard InChI is InChI=1S/C17H25NO3S/c1-4-11-21-13-16-7-9-18(10-8-16)22(19,20)17-6-5-14(2)15(3)12-17/h4-6,12,16H,1,7-11,13H2,2-3H3. The van der Waals surface area contributed by atoms with E-state index in [4.69, 9.17) is 4.74 Å². The molecule has 0 N–H and O–H groups in total. The van der Waals surface area contributed by atoms with Crippen molar-refractivity contribution in [1.82, 2.24) is 4.31 Å². The summed E-state index contributed by atoms with van der Waals surface area (Å²) in [7, 11) is -3.37. The molecule has 0 unspecified atom stereocenters. The summed E-state index contributed by atoms with van der Waals surface area (Å²) < 4.78 is 32.5. The minimum atomic E-state index is -3.37. The lowest BCUT2D eigenvalue weighted by molar-refractivity contribution is 0.0982. The number of aryl methyl sites for hydroxylation is 2. The number of hydrogen-bond donors (Lipinski definition) is 0. The van der Waals surface area contributed by atoms with E-state index in [1.807, 2.05) is 19.9 Å². The molecule has 1 saturated heterocycles. The third kappa shape index (κ3) is 3.97. The molecule has 122 valence electrons. The summed E-state index contributed by atoms with van der Waals surface area (Å²) in [6, 6.07) is 5.35. The Labute approximate surface area is 133 Å². The van der Waals surface area contributed by atoms with E-state index in [9.17, 15) is 8.42 Å². The molecule has 0 spiro atoms. The Balaban J connectivity index is 2.00. The van der Waals surface area contributed by atoms with Crippen molar-refractivity contribution in [3.8, 4) is 0 Å². The zero-order chi connectivity index (χ0) is 16.2. The van der Waals surface area contributed by atoms with Crippen molar-refractivity contribution in [3.05, 3.63) is 42.0 Å². The molecule has 0 amide bonds. The zero-order valence-corrected chi connectivity index (χ0v) is 14.2. The van der Waals surface area contributed by atoms with E-state index in [0.29, 0.717) is 37.1 Å². The van der Waals surface area contributed by atoms with Gasteiger partial charge in [0.15, 0.2) is 0 Å². The largest absolute Gasteiger partial charge is 0.377 e. The van der Waals surface area contributed by atoms with Crippen molar-refractivity contribution >= 4 is 10.0 Å². The maximum atomic E-state index is 12.7. The van der Waals surface area contributed by atoms with Crippen LogP contribution in [0.3, 0.4) is 0 Å². The van der Waals surface area contributed by atoms with Gasteiger partial charge in [-0.2, -0.15) is 4.31 Å². The average Bonchev–Trinajstić information content (AvgIpc) is 2.51. The Kier molecular flexibility index (Phi) is 5.78. The number of piperidine rings is 1. The van der Waals surface area contributed by atoms with Crippen molar-refractivity contribution in [2.24, 2.45) is 5.92 Å². The molecule has 1 aliphatic heterocycles. The van der Waals surface area contributed by atoms with Crippen LogP contribution >= 0.6 is 0 Å². The summed E-state index contributed by atoms with van der Waals surface area (Å²) in [6.45, 7) is 9.92. The van der Waals surface area contributed by atoms with Crippen molar-refractivity contribution in [3.63, 3.8) is 0 Å². The highest BCUT2D eigenvalue weighted by molar-refractivity contribution is 7.89. The summed E-state index contributed by atoms with van der Waals surface area (Å²) in [5.41, 5.74) is 2.12. The predicted molar refractivity (Wildman–Crippen MR) is 88.4 cm³/mol. The number of nitrogens with zero attached hydrogens (tertiary/aromatic N) is 1. The fourth-order valence-electron chi connectivity index (χ4n) is 2.66. The summed E-state index contributed by atoms with van der Waals surface area (Å²) in [5.74, 6) is 0.436. The molecule has 1 aliphatic rings. The molecule has 0 radical (unpaired) electrons. The van der Waals surface area contributed by atoms with Gasteiger partial charge in [0.2, 0.25) is 10.0 Å². The molecular weight excluding hydrogens is 298 g/mol. The topological polar surface area (TPSA) is 46.6 Å². The van der Waals surface area contributed by atoms with Gasteiger partial charge in [-0.25, -0.2) is 8.42 Å². The summed E-state index contributed by atoms with van der Waals surface area (Å²) in [4.78, 5) is 0.400. The SMILES string of the molecule is C=CCOCC1CCN(S(=O)(=O)c2ccc(C)c(C)c2)CC1. The Hall–Kier alpha value is -1.17. The van der Waals surface area contributed by atoms with Crippen LogP contribution in [0.5, 0.6) is 0 Å². The maximum Gasteiger partial charge on any atom is 0.243 e. The number of benzene rings is 1. The molecule has 5 heteroatoms. The first-order valence-electron chi connectivity index (χ1n) is 7.71. The number of rotatable bonds is 6. The summed E-state index contributed by atoms with van der Waals surface area (Å²) >= 11 is 0. The van der Waals surface area contributed by atoms with E-state index in [-0.39, 0.29) is 0 Å². The lowest BCUT2D eigenvalue weighted by atomic mass is 9.99. The lowest BCUT2D eigenvalue weighted by Gasteiger charge is -2.31. The van der Waals surface area contributed by atoms with Crippen molar-refractivity contribution in [2.75, 3.05) is 26.3 Å². The fraction of sp³-hybridized carbons (Fsp3) is 0.529. The zero-order valence-electron chi connectivity index (χ0n) is 13.4. The van der Waals surface area contributed by atoms with Crippen LogP contribution in [-0.4, -0.2) is 39.0 Å². The highest BCUT2D eigenvalue weighted by Crippen LogP contribution is 2.25. The minimum absolute atomic E-state index is 0.400. The average molecular weight is 323 g/mol. The first-order valence-corrected chi connectivity index (χ1v) is 9.15. The lowest BCUT2D eigenvalue weighted by Crippen LogP contribution is -2.39. The van der Waals surface area contributed by atoms with Crippen molar-refractivity contribution < 1.29 is 13.2 Å². The Morgan fingerprint density at radius 2 is 1.95 bits per heavy atom. The van der Waals surface area contributed by atoms with Crippen LogP contribution in [0.1, 0.15) is 24.0 Å². The van der Waals surface area contributed by atoms with Crippen LogP contribution in [0.15, 0.2) is 35.7 Å². The predicted octanol–water partition coefficient (Wildman–Crippen LogP) is 2.91. The molecule has 0 atom stereocenters. The molecule has 1 aromatic rings. The molecule has 0 saturated carbocycles. The molecule has 2 rings (SSSR count). The quantitative estimate of drug-likeness (QED) is 0.597. The van der Waals surface area contributed by atoms with Gasteiger partial charge < -0.3 is 4.74 Å². The highest BCUT2D eigenvalue weighted by Gasteiger charge is 2.29. The summed E-state index contributed by atoms with van der Waals surface area (Å²) in [5, 5.41) is 0. The van der Waals surface area contributed by atoms with Crippen LogP contribution in [-0.2, 0) is 14.8 Å². The van der Waals surface area contributed by atoms with E-state index >= 15 is 0 Å². The Morgan fingerprint density at radius 1 is 1.27 bits per heavy atom. The van der Waals surface area contributed by atoms with Crippen LogP contribution in [0.4, 0.5) is 0 Å². The molecular formula is C17H25NO3S. The number of hydrogen-bond acceptors (Lipinski definition) is 3. The molecule has 0 aromatic heterocycles. The monoisotopic (exact) mass is 323 g/mol. The van der Waals surface area contributed by atoms with E-state index in [1.165, 1.54) is 0 Å². The fourth-order valence-corrected chi connectivity index (χ4v) is 4.21. The van der Waals surface area contributed by atoms with Crippen LogP contribution in [0.2, 0.25) is 0 Å². The maximum absolute atomic E-state index is 12.7. The molecule has 4 nitrogen and oxygen atoms in total. The van der Waals surface area contributed by atoms with Gasteiger partial charge in [-0.05, 0) is 55.9 Å². The molecule has 1 aromatic carbocycles. The third-order valence-corrected chi connectivity index (χ3v) is 6.17. The first-order chi connectivity index (χ1) is 10.4. The van der Waals surface area contributed by atoms with E-state index in [0.717, 1.165) is 24.0 Å². The van der Waals surface area contributed by atoms with Crippen LogP contribution in [0, 0.1) is 19.8 Å².